The number of sulfonamides is 1. The average molecular weight is 546 g/mol. The molecule has 0 spiro atoms. The number of carbonyl (C=O) groups is 1. The fourth-order valence-electron chi connectivity index (χ4n) is 3.89. The molecular formula is C26H25F2N3O6S. The molecule has 0 fully saturated rings. The summed E-state index contributed by atoms with van der Waals surface area (Å²) in [6, 6.07) is 16.1. The number of methoxy groups -OCH3 is 3. The van der Waals surface area contributed by atoms with Crippen LogP contribution >= 0.6 is 0 Å². The van der Waals surface area contributed by atoms with Gasteiger partial charge in [0, 0.05) is 24.7 Å². The van der Waals surface area contributed by atoms with E-state index in [1.165, 1.54) is 24.6 Å². The van der Waals surface area contributed by atoms with Gasteiger partial charge in [0.1, 0.15) is 11.5 Å². The van der Waals surface area contributed by atoms with Gasteiger partial charge >= 0.3 is 12.5 Å². The van der Waals surface area contributed by atoms with Crippen LogP contribution in [0.4, 0.5) is 8.78 Å². The Balaban J connectivity index is 1.85. The predicted molar refractivity (Wildman–Crippen MR) is 135 cm³/mol. The maximum absolute atomic E-state index is 14.1. The van der Waals surface area contributed by atoms with Crippen LogP contribution in [0.15, 0.2) is 71.8 Å². The monoisotopic (exact) mass is 545 g/mol. The number of fused-ring (bicyclic) bond motifs is 1. The largest absolute Gasteiger partial charge is 0.497 e. The third kappa shape index (κ3) is 5.60. The molecule has 0 aliphatic carbocycles. The molecule has 0 bridgehead atoms. The third-order valence-electron chi connectivity index (χ3n) is 5.88. The van der Waals surface area contributed by atoms with E-state index in [0.717, 1.165) is 19.4 Å². The van der Waals surface area contributed by atoms with E-state index in [1.54, 1.807) is 48.5 Å². The van der Waals surface area contributed by atoms with Crippen LogP contribution in [0, 0.1) is 0 Å². The first-order valence-electron chi connectivity index (χ1n) is 11.3. The number of rotatable bonds is 10. The van der Waals surface area contributed by atoms with Crippen LogP contribution in [-0.2, 0) is 27.8 Å². The van der Waals surface area contributed by atoms with Crippen molar-refractivity contribution in [3.63, 3.8) is 0 Å². The Hall–Kier alpha value is -4.03. The summed E-state index contributed by atoms with van der Waals surface area (Å²) in [6.45, 7) is -3.11. The van der Waals surface area contributed by atoms with E-state index in [0.29, 0.717) is 27.3 Å². The van der Waals surface area contributed by atoms with Gasteiger partial charge in [0.05, 0.1) is 37.3 Å². The molecule has 9 nitrogen and oxygen atoms in total. The lowest BCUT2D eigenvalue weighted by atomic mass is 10.1. The Morgan fingerprint density at radius 3 is 1.89 bits per heavy atom. The van der Waals surface area contributed by atoms with Gasteiger partial charge in [-0.25, -0.2) is 17.9 Å². The van der Waals surface area contributed by atoms with Gasteiger partial charge < -0.3 is 14.2 Å². The summed E-state index contributed by atoms with van der Waals surface area (Å²) in [7, 11) is -0.185. The Labute approximate surface area is 218 Å². The highest BCUT2D eigenvalue weighted by Crippen LogP contribution is 2.31. The first kappa shape index (κ1) is 27.0. The van der Waals surface area contributed by atoms with Crippen LogP contribution in [-0.4, -0.2) is 49.8 Å². The standard InChI is InChI=1S/C26H25F2N3O6S/c1-35-20-8-4-17(5-9-20)14-30(15-18-6-10-21(36-2)11-7-18)38(33,34)24-13-19(25(32)37-3)12-23-22(24)16-31(29-23)26(27)28/h4-13,16,26H,14-15H2,1-3H3. The number of alkyl halides is 2. The first-order valence-corrected chi connectivity index (χ1v) is 12.8. The molecule has 0 amide bonds. The van der Waals surface area contributed by atoms with Gasteiger partial charge in [0.15, 0.2) is 0 Å². The van der Waals surface area contributed by atoms with Crippen LogP contribution in [0.1, 0.15) is 28.0 Å². The molecule has 38 heavy (non-hydrogen) atoms. The lowest BCUT2D eigenvalue weighted by Crippen LogP contribution is -2.30. The lowest BCUT2D eigenvalue weighted by Gasteiger charge is -2.23. The van der Waals surface area contributed by atoms with E-state index in [1.807, 2.05) is 0 Å². The minimum atomic E-state index is -4.37. The molecule has 3 aromatic carbocycles. The molecule has 1 aromatic heterocycles. The average Bonchev–Trinajstić information content (AvgIpc) is 3.37. The normalized spacial score (nSPS) is 11.8. The second-order valence-electron chi connectivity index (χ2n) is 8.25. The van der Waals surface area contributed by atoms with Crippen molar-refractivity contribution in [2.24, 2.45) is 0 Å². The van der Waals surface area contributed by atoms with E-state index in [-0.39, 0.29) is 34.5 Å². The Kier molecular flexibility index (Phi) is 7.93. The van der Waals surface area contributed by atoms with Crippen LogP contribution in [0.3, 0.4) is 0 Å². The first-order chi connectivity index (χ1) is 18.2. The highest BCUT2D eigenvalue weighted by molar-refractivity contribution is 7.89. The molecule has 0 aliphatic rings. The van der Waals surface area contributed by atoms with E-state index in [9.17, 15) is 22.0 Å². The van der Waals surface area contributed by atoms with Gasteiger partial charge in [0.2, 0.25) is 10.0 Å². The maximum Gasteiger partial charge on any atom is 0.337 e. The number of ether oxygens (including phenoxy) is 3. The maximum atomic E-state index is 14.1. The number of benzene rings is 3. The minimum Gasteiger partial charge on any atom is -0.497 e. The van der Waals surface area contributed by atoms with Crippen molar-refractivity contribution in [3.05, 3.63) is 83.6 Å². The van der Waals surface area contributed by atoms with Crippen LogP contribution in [0.2, 0.25) is 0 Å². The summed E-state index contributed by atoms with van der Waals surface area (Å²) in [6.07, 6.45) is 0.951. The number of hydrogen-bond acceptors (Lipinski definition) is 7. The smallest absolute Gasteiger partial charge is 0.337 e. The zero-order valence-corrected chi connectivity index (χ0v) is 21.6. The summed E-state index contributed by atoms with van der Waals surface area (Å²) in [5.74, 6) is 0.377. The van der Waals surface area contributed by atoms with Crippen molar-refractivity contribution >= 4 is 26.9 Å². The van der Waals surface area contributed by atoms with Crippen molar-refractivity contribution in [3.8, 4) is 11.5 Å². The molecule has 1 heterocycles. The summed E-state index contributed by atoms with van der Waals surface area (Å²) in [4.78, 5) is 12.0. The highest BCUT2D eigenvalue weighted by atomic mass is 32.2. The zero-order valence-electron chi connectivity index (χ0n) is 20.8. The van der Waals surface area contributed by atoms with E-state index >= 15 is 0 Å². The summed E-state index contributed by atoms with van der Waals surface area (Å²) in [5, 5.41) is 3.73. The minimum absolute atomic E-state index is 0.0487. The molecule has 200 valence electrons. The van der Waals surface area contributed by atoms with Crippen LogP contribution in [0.25, 0.3) is 10.9 Å². The quantitative estimate of drug-likeness (QED) is 0.268. The Bertz CT molecular complexity index is 1490. The van der Waals surface area contributed by atoms with Crippen molar-refractivity contribution in [2.45, 2.75) is 24.5 Å². The molecule has 4 rings (SSSR count). The number of halogens is 2. The number of carbonyl (C=O) groups excluding carboxylic acids is 1. The van der Waals surface area contributed by atoms with Crippen molar-refractivity contribution in [1.29, 1.82) is 0 Å². The number of hydrogen-bond donors (Lipinski definition) is 0. The van der Waals surface area contributed by atoms with Gasteiger partial charge in [0.25, 0.3) is 0 Å². The SMILES string of the molecule is COC(=O)c1cc(S(=O)(=O)N(Cc2ccc(OC)cc2)Cc2ccc(OC)cc2)c2cn(C(F)F)nc2c1. The fraction of sp³-hybridized carbons (Fsp3) is 0.231. The van der Waals surface area contributed by atoms with E-state index in [4.69, 9.17) is 14.2 Å². The number of aromatic nitrogens is 2. The molecule has 0 aliphatic heterocycles. The second kappa shape index (κ2) is 11.2. The van der Waals surface area contributed by atoms with Crippen molar-refractivity contribution in [2.75, 3.05) is 21.3 Å². The number of esters is 1. The van der Waals surface area contributed by atoms with Crippen molar-refractivity contribution < 1.29 is 36.2 Å². The molecule has 0 unspecified atom stereocenters. The number of nitrogens with zero attached hydrogens (tertiary/aromatic N) is 3. The highest BCUT2D eigenvalue weighted by Gasteiger charge is 2.30. The van der Waals surface area contributed by atoms with Crippen LogP contribution < -0.4 is 9.47 Å². The Morgan fingerprint density at radius 2 is 1.45 bits per heavy atom. The summed E-state index contributed by atoms with van der Waals surface area (Å²) >= 11 is 0. The lowest BCUT2D eigenvalue weighted by molar-refractivity contribution is 0.0573. The molecule has 0 saturated heterocycles. The van der Waals surface area contributed by atoms with Gasteiger partial charge in [-0.05, 0) is 47.5 Å². The molecule has 12 heteroatoms. The molecule has 0 saturated carbocycles. The van der Waals surface area contributed by atoms with Gasteiger partial charge in [-0.15, -0.1) is 0 Å². The third-order valence-corrected chi connectivity index (χ3v) is 7.71. The molecule has 0 radical (unpaired) electrons. The second-order valence-corrected chi connectivity index (χ2v) is 10.2. The fourth-order valence-corrected chi connectivity index (χ4v) is 5.52. The topological polar surface area (TPSA) is 100.0 Å². The Morgan fingerprint density at radius 1 is 0.921 bits per heavy atom. The van der Waals surface area contributed by atoms with Gasteiger partial charge in [-0.2, -0.15) is 18.2 Å². The molecule has 4 aromatic rings. The predicted octanol–water partition coefficient (Wildman–Crippen LogP) is 4.63. The summed E-state index contributed by atoms with van der Waals surface area (Å²) in [5.41, 5.74) is 1.10. The molecular weight excluding hydrogens is 520 g/mol. The van der Waals surface area contributed by atoms with Gasteiger partial charge in [-0.1, -0.05) is 24.3 Å². The van der Waals surface area contributed by atoms with Crippen molar-refractivity contribution in [1.82, 2.24) is 14.1 Å². The van der Waals surface area contributed by atoms with Gasteiger partial charge in [-0.3, -0.25) is 0 Å². The van der Waals surface area contributed by atoms with Crippen LogP contribution in [0.5, 0.6) is 11.5 Å². The van der Waals surface area contributed by atoms with E-state index < -0.39 is 22.5 Å². The molecule has 0 N–H and O–H groups in total. The summed E-state index contributed by atoms with van der Waals surface area (Å²) < 4.78 is 71.8. The zero-order chi connectivity index (χ0) is 27.4. The van der Waals surface area contributed by atoms with E-state index in [2.05, 4.69) is 5.10 Å². The molecule has 0 atom stereocenters.